The molecule has 0 spiro atoms. The Labute approximate surface area is 119 Å². The molecule has 0 saturated carbocycles. The maximum absolute atomic E-state index is 5.93. The minimum Gasteiger partial charge on any atom is -0.457 e. The van der Waals surface area contributed by atoms with E-state index in [2.05, 4.69) is 13.0 Å². The van der Waals surface area contributed by atoms with Crippen molar-refractivity contribution in [3.63, 3.8) is 0 Å². The van der Waals surface area contributed by atoms with Crippen LogP contribution < -0.4 is 10.5 Å². The first kappa shape index (κ1) is 13.6. The monoisotopic (exact) mass is 271 g/mol. The summed E-state index contributed by atoms with van der Waals surface area (Å²) in [6, 6.07) is 13.8. The molecule has 0 amide bonds. The van der Waals surface area contributed by atoms with Crippen molar-refractivity contribution in [2.24, 2.45) is 5.73 Å². The van der Waals surface area contributed by atoms with E-state index in [1.54, 1.807) is 0 Å². The SMILES string of the molecule is CCc1ccccc1Oc1ccc(C(N)=S)c(C)c1. The molecule has 0 atom stereocenters. The summed E-state index contributed by atoms with van der Waals surface area (Å²) in [4.78, 5) is 0.415. The maximum atomic E-state index is 5.93. The minimum absolute atomic E-state index is 0.415. The molecule has 2 aromatic carbocycles. The molecule has 0 radical (unpaired) electrons. The van der Waals surface area contributed by atoms with Gasteiger partial charge in [-0.1, -0.05) is 37.3 Å². The normalized spacial score (nSPS) is 10.2. The van der Waals surface area contributed by atoms with Crippen molar-refractivity contribution in [3.05, 3.63) is 59.2 Å². The second-order valence-electron chi connectivity index (χ2n) is 4.40. The summed E-state index contributed by atoms with van der Waals surface area (Å²) in [5.74, 6) is 1.70. The van der Waals surface area contributed by atoms with Gasteiger partial charge >= 0.3 is 0 Å². The Balaban J connectivity index is 2.29. The third-order valence-electron chi connectivity index (χ3n) is 3.04. The van der Waals surface area contributed by atoms with Gasteiger partial charge < -0.3 is 10.5 Å². The number of rotatable bonds is 4. The lowest BCUT2D eigenvalue weighted by molar-refractivity contribution is 0.476. The molecule has 0 aromatic heterocycles. The van der Waals surface area contributed by atoms with Crippen molar-refractivity contribution in [1.82, 2.24) is 0 Å². The lowest BCUT2D eigenvalue weighted by Crippen LogP contribution is -2.10. The van der Waals surface area contributed by atoms with Gasteiger partial charge in [0.1, 0.15) is 16.5 Å². The fraction of sp³-hybridized carbons (Fsp3) is 0.188. The van der Waals surface area contributed by atoms with E-state index in [1.807, 2.05) is 43.3 Å². The molecule has 2 rings (SSSR count). The summed E-state index contributed by atoms with van der Waals surface area (Å²) < 4.78 is 5.93. The van der Waals surface area contributed by atoms with Gasteiger partial charge in [0.05, 0.1) is 0 Å². The summed E-state index contributed by atoms with van der Waals surface area (Å²) in [5.41, 5.74) is 8.77. The fourth-order valence-electron chi connectivity index (χ4n) is 2.00. The Morgan fingerprint density at radius 1 is 1.21 bits per heavy atom. The molecule has 0 aliphatic rings. The highest BCUT2D eigenvalue weighted by Crippen LogP contribution is 2.27. The first-order valence-electron chi connectivity index (χ1n) is 6.28. The van der Waals surface area contributed by atoms with E-state index < -0.39 is 0 Å². The average Bonchev–Trinajstić information content (AvgIpc) is 2.39. The van der Waals surface area contributed by atoms with Crippen LogP contribution in [0, 0.1) is 6.92 Å². The molecule has 2 nitrogen and oxygen atoms in total. The third-order valence-corrected chi connectivity index (χ3v) is 3.26. The zero-order valence-electron chi connectivity index (χ0n) is 11.1. The van der Waals surface area contributed by atoms with Gasteiger partial charge in [0.25, 0.3) is 0 Å². The van der Waals surface area contributed by atoms with Crippen LogP contribution in [-0.4, -0.2) is 4.99 Å². The summed E-state index contributed by atoms with van der Waals surface area (Å²) in [5, 5.41) is 0. The highest BCUT2D eigenvalue weighted by molar-refractivity contribution is 7.80. The second kappa shape index (κ2) is 5.85. The number of hydrogen-bond acceptors (Lipinski definition) is 2. The van der Waals surface area contributed by atoms with E-state index >= 15 is 0 Å². The highest BCUT2D eigenvalue weighted by atomic mass is 32.1. The zero-order valence-corrected chi connectivity index (χ0v) is 12.0. The molecule has 0 aliphatic carbocycles. The molecule has 0 unspecified atom stereocenters. The Morgan fingerprint density at radius 2 is 1.95 bits per heavy atom. The van der Waals surface area contributed by atoms with Crippen molar-refractivity contribution in [1.29, 1.82) is 0 Å². The van der Waals surface area contributed by atoms with Crippen LogP contribution in [-0.2, 0) is 6.42 Å². The van der Waals surface area contributed by atoms with Crippen LogP contribution in [0.2, 0.25) is 0 Å². The predicted octanol–water partition coefficient (Wildman–Crippen LogP) is 3.98. The van der Waals surface area contributed by atoms with E-state index in [0.717, 1.165) is 29.0 Å². The third kappa shape index (κ3) is 3.12. The topological polar surface area (TPSA) is 35.2 Å². The average molecular weight is 271 g/mol. The molecule has 0 fully saturated rings. The standard InChI is InChI=1S/C16H17NOS/c1-3-12-6-4-5-7-15(12)18-13-8-9-14(16(17)19)11(2)10-13/h4-10H,3H2,1-2H3,(H2,17,19). The van der Waals surface area contributed by atoms with E-state index in [4.69, 9.17) is 22.7 Å². The Hall–Kier alpha value is -1.87. The van der Waals surface area contributed by atoms with Crippen molar-refractivity contribution in [3.8, 4) is 11.5 Å². The second-order valence-corrected chi connectivity index (χ2v) is 4.84. The molecule has 0 aliphatic heterocycles. The van der Waals surface area contributed by atoms with Crippen LogP contribution in [0.15, 0.2) is 42.5 Å². The molecular weight excluding hydrogens is 254 g/mol. The molecular formula is C16H17NOS. The first-order chi connectivity index (χ1) is 9.11. The van der Waals surface area contributed by atoms with Crippen LogP contribution in [0.5, 0.6) is 11.5 Å². The van der Waals surface area contributed by atoms with E-state index in [1.165, 1.54) is 5.56 Å². The number of ether oxygens (including phenoxy) is 1. The van der Waals surface area contributed by atoms with E-state index in [9.17, 15) is 0 Å². The van der Waals surface area contributed by atoms with Crippen LogP contribution in [0.1, 0.15) is 23.6 Å². The summed E-state index contributed by atoms with van der Waals surface area (Å²) in [7, 11) is 0. The van der Waals surface area contributed by atoms with E-state index in [0.29, 0.717) is 4.99 Å². The summed E-state index contributed by atoms with van der Waals surface area (Å²) in [6.07, 6.45) is 0.945. The Morgan fingerprint density at radius 3 is 2.58 bits per heavy atom. The fourth-order valence-corrected chi connectivity index (χ4v) is 2.23. The van der Waals surface area contributed by atoms with Crippen molar-refractivity contribution in [2.75, 3.05) is 0 Å². The molecule has 19 heavy (non-hydrogen) atoms. The number of para-hydroxylation sites is 1. The van der Waals surface area contributed by atoms with Crippen molar-refractivity contribution < 1.29 is 4.74 Å². The van der Waals surface area contributed by atoms with Gasteiger partial charge in [-0.05, 0) is 48.7 Å². The minimum atomic E-state index is 0.415. The smallest absolute Gasteiger partial charge is 0.130 e. The lowest BCUT2D eigenvalue weighted by atomic mass is 10.1. The Bertz CT molecular complexity index is 607. The molecule has 0 heterocycles. The van der Waals surface area contributed by atoms with Gasteiger partial charge in [0.2, 0.25) is 0 Å². The molecule has 2 aromatic rings. The largest absolute Gasteiger partial charge is 0.457 e. The Kier molecular flexibility index (Phi) is 4.17. The van der Waals surface area contributed by atoms with Gasteiger partial charge in [-0.2, -0.15) is 0 Å². The van der Waals surface area contributed by atoms with Gasteiger partial charge in [0, 0.05) is 5.56 Å². The van der Waals surface area contributed by atoms with Crippen LogP contribution in [0.25, 0.3) is 0 Å². The van der Waals surface area contributed by atoms with Gasteiger partial charge in [0.15, 0.2) is 0 Å². The number of thiocarbonyl (C=S) groups is 1. The molecule has 3 heteroatoms. The number of aryl methyl sites for hydroxylation is 2. The van der Waals surface area contributed by atoms with Gasteiger partial charge in [-0.3, -0.25) is 0 Å². The number of nitrogens with two attached hydrogens (primary N) is 1. The van der Waals surface area contributed by atoms with Gasteiger partial charge in [-0.15, -0.1) is 0 Å². The van der Waals surface area contributed by atoms with Crippen LogP contribution in [0.3, 0.4) is 0 Å². The van der Waals surface area contributed by atoms with Crippen molar-refractivity contribution >= 4 is 17.2 Å². The van der Waals surface area contributed by atoms with Crippen LogP contribution >= 0.6 is 12.2 Å². The number of hydrogen-bond donors (Lipinski definition) is 1. The predicted molar refractivity (Wildman–Crippen MR) is 83.0 cm³/mol. The molecule has 0 saturated heterocycles. The number of benzene rings is 2. The summed E-state index contributed by atoms with van der Waals surface area (Å²) >= 11 is 5.00. The lowest BCUT2D eigenvalue weighted by Gasteiger charge is -2.11. The van der Waals surface area contributed by atoms with Crippen LogP contribution in [0.4, 0.5) is 0 Å². The maximum Gasteiger partial charge on any atom is 0.130 e. The molecule has 98 valence electrons. The van der Waals surface area contributed by atoms with Crippen molar-refractivity contribution in [2.45, 2.75) is 20.3 Å². The first-order valence-corrected chi connectivity index (χ1v) is 6.69. The summed E-state index contributed by atoms with van der Waals surface area (Å²) in [6.45, 7) is 4.09. The quantitative estimate of drug-likeness (QED) is 0.854. The molecule has 0 bridgehead atoms. The highest BCUT2D eigenvalue weighted by Gasteiger charge is 2.06. The van der Waals surface area contributed by atoms with Gasteiger partial charge in [-0.25, -0.2) is 0 Å². The zero-order chi connectivity index (χ0) is 13.8. The molecule has 2 N–H and O–H groups in total. The van der Waals surface area contributed by atoms with E-state index in [-0.39, 0.29) is 0 Å².